The van der Waals surface area contributed by atoms with Crippen LogP contribution in [0.4, 0.5) is 11.5 Å². The average molecular weight is 338 g/mol. The molecule has 3 heterocycles. The zero-order chi connectivity index (χ0) is 17.2. The van der Waals surface area contributed by atoms with E-state index < -0.39 is 0 Å². The smallest absolute Gasteiger partial charge is 0.178 e. The van der Waals surface area contributed by atoms with Gasteiger partial charge in [-0.2, -0.15) is 4.52 Å². The van der Waals surface area contributed by atoms with Crippen molar-refractivity contribution < 1.29 is 4.74 Å². The Kier molecular flexibility index (Phi) is 4.13. The summed E-state index contributed by atoms with van der Waals surface area (Å²) in [7, 11) is 1.71. The molecule has 1 N–H and O–H groups in total. The van der Waals surface area contributed by atoms with Crippen molar-refractivity contribution in [3.05, 3.63) is 42.2 Å². The van der Waals surface area contributed by atoms with Gasteiger partial charge in [-0.15, -0.1) is 15.3 Å². The second-order valence-corrected chi connectivity index (χ2v) is 6.42. The van der Waals surface area contributed by atoms with E-state index in [1.165, 1.54) is 5.69 Å². The fourth-order valence-electron chi connectivity index (χ4n) is 3.28. The highest BCUT2D eigenvalue weighted by molar-refractivity contribution is 5.51. The summed E-state index contributed by atoms with van der Waals surface area (Å²) >= 11 is 0. The van der Waals surface area contributed by atoms with Crippen LogP contribution < -0.4 is 15.0 Å². The molecule has 1 saturated heterocycles. The van der Waals surface area contributed by atoms with Crippen LogP contribution in [0.5, 0.6) is 5.75 Å². The van der Waals surface area contributed by atoms with Gasteiger partial charge in [-0.05, 0) is 43.5 Å². The molecule has 130 valence electrons. The molecule has 0 bridgehead atoms. The Morgan fingerprint density at radius 1 is 1.24 bits per heavy atom. The van der Waals surface area contributed by atoms with Gasteiger partial charge in [0, 0.05) is 31.4 Å². The molecule has 1 aromatic carbocycles. The number of hydrogen-bond donors (Lipinski definition) is 1. The average Bonchev–Trinajstić information content (AvgIpc) is 3.27. The Hall–Kier alpha value is -2.83. The van der Waals surface area contributed by atoms with Crippen LogP contribution >= 0.6 is 0 Å². The predicted octanol–water partition coefficient (Wildman–Crippen LogP) is 2.38. The Bertz CT molecular complexity index is 877. The van der Waals surface area contributed by atoms with Gasteiger partial charge in [0.05, 0.1) is 7.11 Å². The molecule has 0 radical (unpaired) electrons. The van der Waals surface area contributed by atoms with Crippen molar-refractivity contribution in [1.82, 2.24) is 19.8 Å². The topological polar surface area (TPSA) is 67.6 Å². The normalized spacial score (nSPS) is 17.2. The number of fused-ring (bicyclic) bond motifs is 1. The molecule has 7 heteroatoms. The zero-order valence-corrected chi connectivity index (χ0v) is 14.5. The van der Waals surface area contributed by atoms with Crippen molar-refractivity contribution in [3.8, 4) is 5.75 Å². The van der Waals surface area contributed by atoms with Crippen LogP contribution in [0.15, 0.2) is 36.4 Å². The molecule has 1 unspecified atom stereocenters. The van der Waals surface area contributed by atoms with Gasteiger partial charge in [-0.1, -0.05) is 6.07 Å². The highest BCUT2D eigenvalue weighted by atomic mass is 16.5. The molecule has 25 heavy (non-hydrogen) atoms. The standard InChI is InChI=1S/C18H22N6O/c1-13-20-21-18-7-6-17(22-24(13)18)19-11-14-8-9-23(12-14)15-4-3-5-16(10-15)25-2/h3-7,10,14H,8-9,11-12H2,1-2H3,(H,19,22). The number of rotatable bonds is 5. The van der Waals surface area contributed by atoms with Crippen LogP contribution in [-0.2, 0) is 0 Å². The van der Waals surface area contributed by atoms with Gasteiger partial charge in [-0.25, -0.2) is 0 Å². The van der Waals surface area contributed by atoms with E-state index in [4.69, 9.17) is 4.74 Å². The molecule has 0 aliphatic carbocycles. The number of nitrogens with zero attached hydrogens (tertiary/aromatic N) is 5. The zero-order valence-electron chi connectivity index (χ0n) is 14.5. The SMILES string of the molecule is COc1cccc(N2CCC(CNc3ccc4nnc(C)n4n3)C2)c1. The van der Waals surface area contributed by atoms with Crippen molar-refractivity contribution in [2.24, 2.45) is 5.92 Å². The minimum Gasteiger partial charge on any atom is -0.497 e. The summed E-state index contributed by atoms with van der Waals surface area (Å²) in [5, 5.41) is 16.1. The van der Waals surface area contributed by atoms with Gasteiger partial charge >= 0.3 is 0 Å². The number of anilines is 2. The van der Waals surface area contributed by atoms with E-state index in [1.54, 1.807) is 11.6 Å². The third kappa shape index (κ3) is 3.22. The number of nitrogens with one attached hydrogen (secondary N) is 1. The number of ether oxygens (including phenoxy) is 1. The van der Waals surface area contributed by atoms with Gasteiger partial charge in [0.2, 0.25) is 0 Å². The maximum atomic E-state index is 5.32. The molecule has 7 nitrogen and oxygen atoms in total. The first-order valence-corrected chi connectivity index (χ1v) is 8.55. The number of methoxy groups -OCH3 is 1. The summed E-state index contributed by atoms with van der Waals surface area (Å²) in [4.78, 5) is 2.41. The summed E-state index contributed by atoms with van der Waals surface area (Å²) in [6.45, 7) is 4.91. The molecule has 0 saturated carbocycles. The maximum Gasteiger partial charge on any atom is 0.178 e. The summed E-state index contributed by atoms with van der Waals surface area (Å²) in [5.74, 6) is 3.14. The van der Waals surface area contributed by atoms with Crippen molar-refractivity contribution in [2.75, 3.05) is 37.0 Å². The third-order valence-electron chi connectivity index (χ3n) is 4.69. The number of benzene rings is 1. The van der Waals surface area contributed by atoms with E-state index in [0.29, 0.717) is 5.92 Å². The summed E-state index contributed by atoms with van der Waals surface area (Å²) in [6, 6.07) is 12.2. The molecule has 3 aromatic rings. The highest BCUT2D eigenvalue weighted by Crippen LogP contribution is 2.27. The second-order valence-electron chi connectivity index (χ2n) is 6.42. The van der Waals surface area contributed by atoms with Gasteiger partial charge in [-0.3, -0.25) is 0 Å². The van der Waals surface area contributed by atoms with Crippen LogP contribution in [0.1, 0.15) is 12.2 Å². The lowest BCUT2D eigenvalue weighted by Crippen LogP contribution is -2.22. The molecule has 2 aromatic heterocycles. The molecule has 4 rings (SSSR count). The van der Waals surface area contributed by atoms with E-state index in [-0.39, 0.29) is 0 Å². The first-order chi connectivity index (χ1) is 12.2. The Balaban J connectivity index is 1.38. The van der Waals surface area contributed by atoms with Crippen molar-refractivity contribution in [3.63, 3.8) is 0 Å². The number of aryl methyl sites for hydroxylation is 1. The lowest BCUT2D eigenvalue weighted by Gasteiger charge is -2.19. The fraction of sp³-hybridized carbons (Fsp3) is 0.389. The quantitative estimate of drug-likeness (QED) is 0.770. The minimum absolute atomic E-state index is 0.589. The fourth-order valence-corrected chi connectivity index (χ4v) is 3.28. The molecule has 1 aliphatic heterocycles. The van der Waals surface area contributed by atoms with E-state index in [0.717, 1.165) is 49.1 Å². The van der Waals surface area contributed by atoms with Crippen LogP contribution in [0.2, 0.25) is 0 Å². The largest absolute Gasteiger partial charge is 0.497 e. The van der Waals surface area contributed by atoms with Crippen molar-refractivity contribution in [2.45, 2.75) is 13.3 Å². The van der Waals surface area contributed by atoms with E-state index >= 15 is 0 Å². The monoisotopic (exact) mass is 338 g/mol. The van der Waals surface area contributed by atoms with Crippen LogP contribution in [0.25, 0.3) is 5.65 Å². The highest BCUT2D eigenvalue weighted by Gasteiger charge is 2.23. The summed E-state index contributed by atoms with van der Waals surface area (Å²) < 4.78 is 7.09. The van der Waals surface area contributed by atoms with E-state index in [2.05, 4.69) is 37.6 Å². The molecule has 0 spiro atoms. The van der Waals surface area contributed by atoms with Crippen molar-refractivity contribution >= 4 is 17.2 Å². The number of hydrogen-bond acceptors (Lipinski definition) is 6. The first-order valence-electron chi connectivity index (χ1n) is 8.55. The first kappa shape index (κ1) is 15.7. The third-order valence-corrected chi connectivity index (χ3v) is 4.69. The second kappa shape index (κ2) is 6.58. The molecular weight excluding hydrogens is 316 g/mol. The van der Waals surface area contributed by atoms with Gasteiger partial charge < -0.3 is 15.0 Å². The molecule has 0 amide bonds. The Labute approximate surface area is 146 Å². The Morgan fingerprint density at radius 2 is 2.16 bits per heavy atom. The molecule has 1 fully saturated rings. The summed E-state index contributed by atoms with van der Waals surface area (Å²) in [5.41, 5.74) is 2.00. The minimum atomic E-state index is 0.589. The molecular formula is C18H22N6O. The maximum absolute atomic E-state index is 5.32. The van der Waals surface area contributed by atoms with Crippen LogP contribution in [0, 0.1) is 12.8 Å². The Morgan fingerprint density at radius 3 is 3.04 bits per heavy atom. The van der Waals surface area contributed by atoms with Gasteiger partial charge in [0.15, 0.2) is 11.5 Å². The van der Waals surface area contributed by atoms with Crippen molar-refractivity contribution in [1.29, 1.82) is 0 Å². The predicted molar refractivity (Wildman–Crippen MR) is 97.3 cm³/mol. The lowest BCUT2D eigenvalue weighted by atomic mass is 10.1. The lowest BCUT2D eigenvalue weighted by molar-refractivity contribution is 0.415. The number of aromatic nitrogens is 4. The van der Waals surface area contributed by atoms with Crippen LogP contribution in [-0.4, -0.2) is 46.6 Å². The van der Waals surface area contributed by atoms with Gasteiger partial charge in [0.25, 0.3) is 0 Å². The van der Waals surface area contributed by atoms with Crippen LogP contribution in [0.3, 0.4) is 0 Å². The van der Waals surface area contributed by atoms with E-state index in [9.17, 15) is 0 Å². The van der Waals surface area contributed by atoms with Gasteiger partial charge in [0.1, 0.15) is 11.6 Å². The summed E-state index contributed by atoms with van der Waals surface area (Å²) in [6.07, 6.45) is 1.16. The molecule has 1 atom stereocenters. The van der Waals surface area contributed by atoms with E-state index in [1.807, 2.05) is 31.2 Å². The molecule has 1 aliphatic rings.